The number of Topliss-reactive ketones (excluding diaryl/α,β-unsaturated/α-hetero) is 1. The van der Waals surface area contributed by atoms with Crippen LogP contribution in [0.2, 0.25) is 0 Å². The minimum atomic E-state index is -1.06. The van der Waals surface area contributed by atoms with Crippen molar-refractivity contribution in [3.63, 3.8) is 0 Å². The highest BCUT2D eigenvalue weighted by Gasteiger charge is 2.48. The summed E-state index contributed by atoms with van der Waals surface area (Å²) in [5.41, 5.74) is 2.79. The monoisotopic (exact) mass is 604 g/mol. The van der Waals surface area contributed by atoms with E-state index in [0.29, 0.717) is 34.9 Å². The number of aromatic nitrogens is 1. The molecule has 10 heteroatoms. The highest BCUT2D eigenvalue weighted by Crippen LogP contribution is 2.46. The molecular weight excluding hydrogens is 568 g/mol. The minimum Gasteiger partial charge on any atom is -0.507 e. The Morgan fingerprint density at radius 3 is 2.58 bits per heavy atom. The van der Waals surface area contributed by atoms with E-state index in [2.05, 4.69) is 18.5 Å². The second-order valence-corrected chi connectivity index (χ2v) is 11.2. The van der Waals surface area contributed by atoms with E-state index in [1.54, 1.807) is 31.2 Å². The molecule has 0 radical (unpaired) electrons. The molecule has 9 nitrogen and oxygen atoms in total. The zero-order valence-electron chi connectivity index (χ0n) is 25.1. The summed E-state index contributed by atoms with van der Waals surface area (Å²) in [7, 11) is 1.51. The maximum absolute atomic E-state index is 13.7. The van der Waals surface area contributed by atoms with Crippen molar-refractivity contribution in [3.05, 3.63) is 87.5 Å². The lowest BCUT2D eigenvalue weighted by Gasteiger charge is -2.24. The third-order valence-electron chi connectivity index (χ3n) is 7.11. The van der Waals surface area contributed by atoms with Crippen LogP contribution in [0.4, 0.5) is 5.13 Å². The first-order chi connectivity index (χ1) is 20.6. The number of hydrogen-bond acceptors (Lipinski definition) is 9. The maximum Gasteiger partial charge on any atom is 0.350 e. The Morgan fingerprint density at radius 1 is 1.12 bits per heavy atom. The molecule has 1 aliphatic heterocycles. The number of thiazole rings is 1. The minimum absolute atomic E-state index is 0.0124. The van der Waals surface area contributed by atoms with Gasteiger partial charge in [0.1, 0.15) is 17.2 Å². The van der Waals surface area contributed by atoms with Gasteiger partial charge in [-0.15, -0.1) is 0 Å². The lowest BCUT2D eigenvalue weighted by atomic mass is 9.93. The third-order valence-corrected chi connectivity index (χ3v) is 8.25. The van der Waals surface area contributed by atoms with Gasteiger partial charge >= 0.3 is 11.9 Å². The van der Waals surface area contributed by atoms with Gasteiger partial charge in [-0.3, -0.25) is 14.5 Å². The van der Waals surface area contributed by atoms with Crippen LogP contribution in [0.3, 0.4) is 0 Å². The van der Waals surface area contributed by atoms with Crippen LogP contribution in [0.1, 0.15) is 69.8 Å². The quantitative estimate of drug-likeness (QED) is 0.0613. The van der Waals surface area contributed by atoms with Crippen molar-refractivity contribution in [2.24, 2.45) is 0 Å². The Bertz CT molecular complexity index is 1590. The van der Waals surface area contributed by atoms with Crippen LogP contribution in [0.15, 0.2) is 54.6 Å². The van der Waals surface area contributed by atoms with E-state index >= 15 is 0 Å². The average molecular weight is 605 g/mol. The lowest BCUT2D eigenvalue weighted by molar-refractivity contribution is -0.132. The van der Waals surface area contributed by atoms with Crippen molar-refractivity contribution < 1.29 is 33.7 Å². The molecule has 43 heavy (non-hydrogen) atoms. The molecule has 0 aliphatic carbocycles. The number of ether oxygens (including phenoxy) is 3. The Kier molecular flexibility index (Phi) is 10.0. The van der Waals surface area contributed by atoms with Gasteiger partial charge in [0.05, 0.1) is 31.0 Å². The number of esters is 1. The normalized spacial score (nSPS) is 15.9. The molecule has 0 bridgehead atoms. The SMILES string of the molecule is C=CCOC(=O)c1sc(N2C(=O)C(=O)/C(=C(/O)c3cc(C)ccc3C)C2c2ccc(OCCCCC)c(OC)c2)nc1C. The van der Waals surface area contributed by atoms with Crippen molar-refractivity contribution in [1.82, 2.24) is 4.98 Å². The highest BCUT2D eigenvalue weighted by molar-refractivity contribution is 7.17. The van der Waals surface area contributed by atoms with Crippen molar-refractivity contribution >= 4 is 39.9 Å². The average Bonchev–Trinajstić information content (AvgIpc) is 3.51. The van der Waals surface area contributed by atoms with Crippen molar-refractivity contribution in [1.29, 1.82) is 0 Å². The first-order valence-corrected chi connectivity index (χ1v) is 14.9. The van der Waals surface area contributed by atoms with Gasteiger partial charge < -0.3 is 19.3 Å². The van der Waals surface area contributed by atoms with Crippen LogP contribution in [0, 0.1) is 20.8 Å². The number of nitrogens with zero attached hydrogens (tertiary/aromatic N) is 2. The zero-order chi connectivity index (χ0) is 31.3. The topological polar surface area (TPSA) is 115 Å². The number of aliphatic hydroxyl groups is 1. The van der Waals surface area contributed by atoms with Crippen LogP contribution in [0.5, 0.6) is 11.5 Å². The fraction of sp³-hybridized carbons (Fsp3) is 0.333. The highest BCUT2D eigenvalue weighted by atomic mass is 32.1. The molecule has 1 fully saturated rings. The first kappa shape index (κ1) is 31.5. The van der Waals surface area contributed by atoms with Gasteiger partial charge in [0, 0.05) is 5.56 Å². The largest absolute Gasteiger partial charge is 0.507 e. The number of hydrogen-bond donors (Lipinski definition) is 1. The molecule has 4 rings (SSSR count). The van der Waals surface area contributed by atoms with Crippen LogP contribution in [-0.4, -0.2) is 48.1 Å². The summed E-state index contributed by atoms with van der Waals surface area (Å²) < 4.78 is 16.8. The van der Waals surface area contributed by atoms with Crippen LogP contribution in [-0.2, 0) is 14.3 Å². The van der Waals surface area contributed by atoms with Crippen LogP contribution < -0.4 is 14.4 Å². The second kappa shape index (κ2) is 13.7. The molecule has 1 saturated heterocycles. The molecule has 1 atom stereocenters. The molecule has 2 heterocycles. The Labute approximate surface area is 255 Å². The number of rotatable bonds is 12. The zero-order valence-corrected chi connectivity index (χ0v) is 25.9. The van der Waals surface area contributed by atoms with Gasteiger partial charge in [0.25, 0.3) is 5.78 Å². The molecular formula is C33H36N2O7S. The summed E-state index contributed by atoms with van der Waals surface area (Å²) in [6.07, 6.45) is 4.43. The maximum atomic E-state index is 13.7. The third kappa shape index (κ3) is 6.49. The predicted molar refractivity (Wildman–Crippen MR) is 166 cm³/mol. The molecule has 226 valence electrons. The number of unbranched alkanes of at least 4 members (excludes halogenated alkanes) is 2. The predicted octanol–water partition coefficient (Wildman–Crippen LogP) is 6.62. The molecule has 2 aromatic carbocycles. The number of carbonyl (C=O) groups excluding carboxylic acids is 3. The Balaban J connectivity index is 1.89. The van der Waals surface area contributed by atoms with E-state index < -0.39 is 23.7 Å². The molecule has 0 saturated carbocycles. The molecule has 1 amide bonds. The van der Waals surface area contributed by atoms with Crippen LogP contribution >= 0.6 is 11.3 Å². The number of carbonyl (C=O) groups is 3. The smallest absolute Gasteiger partial charge is 0.350 e. The standard InChI is InChI=1S/C33H36N2O7S/c1-7-9-10-16-41-24-14-13-22(18-25(24)40-6)27-26(28(36)23-17-19(3)11-12-20(23)4)29(37)31(38)35(27)33-34-21(5)30(43-33)32(39)42-15-8-2/h8,11-14,17-18,27,36H,2,7,9-10,15-16H2,1,3-6H3/b28-26+. The number of benzene rings is 2. The van der Waals surface area contributed by atoms with E-state index in [-0.39, 0.29) is 27.9 Å². The van der Waals surface area contributed by atoms with E-state index in [0.717, 1.165) is 41.7 Å². The Hall–Kier alpha value is -4.44. The number of amides is 1. The molecule has 1 aliphatic rings. The number of ketones is 1. The first-order valence-electron chi connectivity index (χ1n) is 14.1. The van der Waals surface area contributed by atoms with Gasteiger partial charge in [-0.05, 0) is 56.5 Å². The molecule has 3 aromatic rings. The number of methoxy groups -OCH3 is 1. The lowest BCUT2D eigenvalue weighted by Crippen LogP contribution is -2.29. The van der Waals surface area contributed by atoms with Crippen LogP contribution in [0.25, 0.3) is 5.76 Å². The number of aryl methyl sites for hydroxylation is 3. The summed E-state index contributed by atoms with van der Waals surface area (Å²) >= 11 is 0.936. The molecule has 1 aromatic heterocycles. The second-order valence-electron chi connectivity index (χ2n) is 10.3. The fourth-order valence-electron chi connectivity index (χ4n) is 4.86. The molecule has 1 unspecified atom stereocenters. The van der Waals surface area contributed by atoms with E-state index in [1.807, 2.05) is 26.0 Å². The summed E-state index contributed by atoms with van der Waals surface area (Å²) in [4.78, 5) is 45.9. The summed E-state index contributed by atoms with van der Waals surface area (Å²) in [6, 6.07) is 9.59. The fourth-order valence-corrected chi connectivity index (χ4v) is 5.85. The summed E-state index contributed by atoms with van der Waals surface area (Å²) in [5, 5.41) is 11.7. The Morgan fingerprint density at radius 2 is 1.88 bits per heavy atom. The van der Waals surface area contributed by atoms with Crippen molar-refractivity contribution in [3.8, 4) is 11.5 Å². The summed E-state index contributed by atoms with van der Waals surface area (Å²) in [5.74, 6) is -1.73. The van der Waals surface area contributed by atoms with E-state index in [9.17, 15) is 19.5 Å². The molecule has 0 spiro atoms. The van der Waals surface area contributed by atoms with Gasteiger partial charge in [0.2, 0.25) is 0 Å². The van der Waals surface area contributed by atoms with Gasteiger partial charge in [0.15, 0.2) is 16.6 Å². The number of aliphatic hydroxyl groups excluding tert-OH is 1. The molecule has 1 N–H and O–H groups in total. The van der Waals surface area contributed by atoms with E-state index in [4.69, 9.17) is 14.2 Å². The van der Waals surface area contributed by atoms with E-state index in [1.165, 1.54) is 18.1 Å². The van der Waals surface area contributed by atoms with Crippen molar-refractivity contribution in [2.45, 2.75) is 53.0 Å². The summed E-state index contributed by atoms with van der Waals surface area (Å²) in [6.45, 7) is 11.5. The van der Waals surface area contributed by atoms with Gasteiger partial charge in [-0.1, -0.05) is 67.5 Å². The van der Waals surface area contributed by atoms with Crippen molar-refractivity contribution in [2.75, 3.05) is 25.2 Å². The van der Waals surface area contributed by atoms with Gasteiger partial charge in [-0.2, -0.15) is 0 Å². The number of anilines is 1. The van der Waals surface area contributed by atoms with Gasteiger partial charge in [-0.25, -0.2) is 9.78 Å².